The number of carbonyl (C=O) groups excluding carboxylic acids is 1. The number of hydrogen-bond donors (Lipinski definition) is 2. The Bertz CT molecular complexity index is 668. The molecule has 1 aliphatic heterocycles. The number of nitrogens with zero attached hydrogens (tertiary/aromatic N) is 1. The fourth-order valence-electron chi connectivity index (χ4n) is 3.09. The highest BCUT2D eigenvalue weighted by Gasteiger charge is 2.10. The third-order valence-electron chi connectivity index (χ3n) is 4.59. The van der Waals surface area contributed by atoms with E-state index >= 15 is 0 Å². The Hall–Kier alpha value is -1.33. The predicted octanol–water partition coefficient (Wildman–Crippen LogP) is 4.31. The molecule has 0 bridgehead atoms. The summed E-state index contributed by atoms with van der Waals surface area (Å²) in [4.78, 5) is 14.8. The van der Waals surface area contributed by atoms with Gasteiger partial charge in [0.25, 0.3) is 0 Å². The zero-order chi connectivity index (χ0) is 19.5. The summed E-state index contributed by atoms with van der Waals surface area (Å²) >= 11 is 11.9. The molecule has 1 heterocycles. The van der Waals surface area contributed by atoms with Crippen molar-refractivity contribution in [1.29, 1.82) is 0 Å². The fraction of sp³-hybridized carbons (Fsp3) is 0.476. The summed E-state index contributed by atoms with van der Waals surface area (Å²) in [5.74, 6) is -0.124. The van der Waals surface area contributed by atoms with Gasteiger partial charge in [-0.3, -0.25) is 4.79 Å². The first-order valence-corrected chi connectivity index (χ1v) is 10.3. The van der Waals surface area contributed by atoms with Crippen LogP contribution >= 0.6 is 23.2 Å². The third-order valence-corrected chi connectivity index (χ3v) is 5.33. The Morgan fingerprint density at radius 2 is 1.96 bits per heavy atom. The molecule has 148 valence electrons. The number of aliphatic hydroxyl groups excluding tert-OH is 1. The maximum atomic E-state index is 12.3. The second kappa shape index (κ2) is 12.2. The van der Waals surface area contributed by atoms with E-state index in [1.165, 1.54) is 32.4 Å². The van der Waals surface area contributed by atoms with E-state index in [4.69, 9.17) is 23.2 Å². The van der Waals surface area contributed by atoms with Crippen molar-refractivity contribution < 1.29 is 9.90 Å². The van der Waals surface area contributed by atoms with E-state index in [2.05, 4.69) is 10.2 Å². The van der Waals surface area contributed by atoms with Gasteiger partial charge in [0.1, 0.15) is 0 Å². The molecule has 1 aromatic carbocycles. The van der Waals surface area contributed by atoms with Crippen LogP contribution in [0.5, 0.6) is 0 Å². The average Bonchev–Trinajstić information content (AvgIpc) is 2.68. The molecule has 6 heteroatoms. The van der Waals surface area contributed by atoms with E-state index in [9.17, 15) is 9.90 Å². The SMILES string of the molecule is O=C(NCCCN1CCCCC1)C(=CC=Cc1ccc(Cl)c(Cl)c1)CCO. The first-order valence-electron chi connectivity index (χ1n) is 9.54. The Morgan fingerprint density at radius 3 is 2.67 bits per heavy atom. The first-order chi connectivity index (χ1) is 13.1. The molecule has 1 aliphatic rings. The van der Waals surface area contributed by atoms with E-state index in [1.54, 1.807) is 24.3 Å². The van der Waals surface area contributed by atoms with Gasteiger partial charge in [-0.1, -0.05) is 53.9 Å². The summed E-state index contributed by atoms with van der Waals surface area (Å²) in [6.45, 7) is 3.95. The van der Waals surface area contributed by atoms with Gasteiger partial charge < -0.3 is 15.3 Å². The van der Waals surface area contributed by atoms with Gasteiger partial charge >= 0.3 is 0 Å². The molecule has 0 aliphatic carbocycles. The van der Waals surface area contributed by atoms with Crippen molar-refractivity contribution in [3.63, 3.8) is 0 Å². The largest absolute Gasteiger partial charge is 0.396 e. The van der Waals surface area contributed by atoms with Crippen LogP contribution < -0.4 is 5.32 Å². The van der Waals surface area contributed by atoms with Crippen molar-refractivity contribution in [1.82, 2.24) is 10.2 Å². The maximum absolute atomic E-state index is 12.3. The van der Waals surface area contributed by atoms with Gasteiger partial charge in [0.05, 0.1) is 10.0 Å². The van der Waals surface area contributed by atoms with Crippen molar-refractivity contribution >= 4 is 35.2 Å². The van der Waals surface area contributed by atoms with Crippen LogP contribution in [0.3, 0.4) is 0 Å². The van der Waals surface area contributed by atoms with Crippen LogP contribution in [0.25, 0.3) is 6.08 Å². The van der Waals surface area contributed by atoms with Gasteiger partial charge in [0.2, 0.25) is 5.91 Å². The highest BCUT2D eigenvalue weighted by molar-refractivity contribution is 6.42. The van der Waals surface area contributed by atoms with E-state index in [0.29, 0.717) is 28.6 Å². The van der Waals surface area contributed by atoms with E-state index < -0.39 is 0 Å². The maximum Gasteiger partial charge on any atom is 0.247 e. The molecule has 1 saturated heterocycles. The van der Waals surface area contributed by atoms with Crippen LogP contribution in [0, 0.1) is 0 Å². The minimum Gasteiger partial charge on any atom is -0.396 e. The molecule has 1 amide bonds. The number of piperidine rings is 1. The topological polar surface area (TPSA) is 52.6 Å². The minimum atomic E-state index is -0.124. The lowest BCUT2D eigenvalue weighted by atomic mass is 10.1. The van der Waals surface area contributed by atoms with Crippen molar-refractivity contribution in [3.8, 4) is 0 Å². The van der Waals surface area contributed by atoms with E-state index in [0.717, 1.165) is 18.5 Å². The molecular weight excluding hydrogens is 383 g/mol. The van der Waals surface area contributed by atoms with Crippen molar-refractivity contribution in [3.05, 3.63) is 51.5 Å². The number of aliphatic hydroxyl groups is 1. The van der Waals surface area contributed by atoms with Crippen molar-refractivity contribution in [2.75, 3.05) is 32.8 Å². The number of carbonyl (C=O) groups is 1. The number of likely N-dealkylation sites (tertiary alicyclic amines) is 1. The number of nitrogens with one attached hydrogen (secondary N) is 1. The normalized spacial score (nSPS) is 16.0. The second-order valence-corrected chi connectivity index (χ2v) is 7.52. The lowest BCUT2D eigenvalue weighted by Gasteiger charge is -2.26. The van der Waals surface area contributed by atoms with Gasteiger partial charge in [0.15, 0.2) is 0 Å². The molecule has 4 nitrogen and oxygen atoms in total. The minimum absolute atomic E-state index is 0.0619. The number of amides is 1. The molecule has 2 rings (SSSR count). The molecule has 1 fully saturated rings. The fourth-order valence-corrected chi connectivity index (χ4v) is 3.39. The highest BCUT2D eigenvalue weighted by Crippen LogP contribution is 2.23. The molecular formula is C21H28Cl2N2O2. The highest BCUT2D eigenvalue weighted by atomic mass is 35.5. The lowest BCUT2D eigenvalue weighted by molar-refractivity contribution is -0.117. The quantitative estimate of drug-likeness (QED) is 0.362. The zero-order valence-corrected chi connectivity index (χ0v) is 17.1. The summed E-state index contributed by atoms with van der Waals surface area (Å²) in [7, 11) is 0. The van der Waals surface area contributed by atoms with E-state index in [-0.39, 0.29) is 12.5 Å². The number of allylic oxidation sites excluding steroid dienone is 2. The Kier molecular flexibility index (Phi) is 9.92. The van der Waals surface area contributed by atoms with Crippen LogP contribution in [0.4, 0.5) is 0 Å². The van der Waals surface area contributed by atoms with Gasteiger partial charge in [-0.2, -0.15) is 0 Å². The molecule has 0 radical (unpaired) electrons. The van der Waals surface area contributed by atoms with Gasteiger partial charge in [-0.25, -0.2) is 0 Å². The summed E-state index contributed by atoms with van der Waals surface area (Å²) in [5, 5.41) is 13.2. The number of rotatable bonds is 9. The number of halogens is 2. The van der Waals surface area contributed by atoms with Crippen LogP contribution in [-0.2, 0) is 4.79 Å². The number of benzene rings is 1. The lowest BCUT2D eigenvalue weighted by Crippen LogP contribution is -2.33. The van der Waals surface area contributed by atoms with Crippen LogP contribution in [0.15, 0.2) is 35.9 Å². The second-order valence-electron chi connectivity index (χ2n) is 6.71. The molecule has 0 spiro atoms. The van der Waals surface area contributed by atoms with Crippen LogP contribution in [-0.4, -0.2) is 48.7 Å². The van der Waals surface area contributed by atoms with Gasteiger partial charge in [-0.15, -0.1) is 0 Å². The van der Waals surface area contributed by atoms with E-state index in [1.807, 2.05) is 12.1 Å². The monoisotopic (exact) mass is 410 g/mol. The smallest absolute Gasteiger partial charge is 0.247 e. The van der Waals surface area contributed by atoms with Crippen LogP contribution in [0.2, 0.25) is 10.0 Å². The molecule has 0 unspecified atom stereocenters. The Labute approximate surface area is 171 Å². The van der Waals surface area contributed by atoms with Crippen molar-refractivity contribution in [2.24, 2.45) is 0 Å². The third kappa shape index (κ3) is 8.06. The Balaban J connectivity index is 1.82. The van der Waals surface area contributed by atoms with Crippen molar-refractivity contribution in [2.45, 2.75) is 32.1 Å². The first kappa shape index (κ1) is 22.0. The molecule has 0 atom stereocenters. The molecule has 0 saturated carbocycles. The predicted molar refractivity (Wildman–Crippen MR) is 113 cm³/mol. The van der Waals surface area contributed by atoms with Crippen LogP contribution in [0.1, 0.15) is 37.7 Å². The molecule has 2 N–H and O–H groups in total. The summed E-state index contributed by atoms with van der Waals surface area (Å²) in [6, 6.07) is 5.35. The van der Waals surface area contributed by atoms with Gasteiger partial charge in [-0.05, 0) is 56.6 Å². The Morgan fingerprint density at radius 1 is 1.19 bits per heavy atom. The molecule has 27 heavy (non-hydrogen) atoms. The molecule has 0 aromatic heterocycles. The summed E-state index contributed by atoms with van der Waals surface area (Å²) in [5.41, 5.74) is 1.46. The standard InChI is InChI=1S/C21H28Cl2N2O2/c22-19-9-8-17(16-20(19)23)6-4-7-18(10-15-26)21(27)24-11-5-14-25-12-2-1-3-13-25/h4,6-9,16,26H,1-3,5,10-15H2,(H,24,27). The summed E-state index contributed by atoms with van der Waals surface area (Å²) < 4.78 is 0. The van der Waals surface area contributed by atoms with Gasteiger partial charge in [0, 0.05) is 25.1 Å². The molecule has 1 aromatic rings. The summed E-state index contributed by atoms with van der Waals surface area (Å²) in [6.07, 6.45) is 10.5. The average molecular weight is 411 g/mol. The zero-order valence-electron chi connectivity index (χ0n) is 15.6. The number of hydrogen-bond acceptors (Lipinski definition) is 3.